The van der Waals surface area contributed by atoms with Gasteiger partial charge in [0, 0.05) is 18.5 Å². The Labute approximate surface area is 120 Å². The van der Waals surface area contributed by atoms with E-state index in [1.54, 1.807) is 0 Å². The maximum Gasteiger partial charge on any atom is 0.125 e. The molecule has 1 heterocycles. The van der Waals surface area contributed by atoms with Crippen molar-refractivity contribution in [3.05, 3.63) is 15.6 Å². The van der Waals surface area contributed by atoms with E-state index >= 15 is 0 Å². The van der Waals surface area contributed by atoms with Crippen LogP contribution in [0.3, 0.4) is 0 Å². The number of hydrogen-bond acceptors (Lipinski definition) is 4. The summed E-state index contributed by atoms with van der Waals surface area (Å²) < 4.78 is 5.92. The summed E-state index contributed by atoms with van der Waals surface area (Å²) in [7, 11) is 3.85. The first-order valence-corrected chi connectivity index (χ1v) is 8.26. The monoisotopic (exact) mass is 282 g/mol. The van der Waals surface area contributed by atoms with E-state index in [1.807, 2.05) is 25.5 Å². The lowest BCUT2D eigenvalue weighted by Crippen LogP contribution is -2.31. The highest BCUT2D eigenvalue weighted by Crippen LogP contribution is 2.42. The molecule has 3 nitrogen and oxygen atoms in total. The van der Waals surface area contributed by atoms with Gasteiger partial charge in [-0.3, -0.25) is 0 Å². The van der Waals surface area contributed by atoms with Crippen molar-refractivity contribution in [1.82, 2.24) is 10.3 Å². The van der Waals surface area contributed by atoms with Crippen molar-refractivity contribution in [2.75, 3.05) is 14.2 Å². The van der Waals surface area contributed by atoms with Gasteiger partial charge in [-0.05, 0) is 26.3 Å². The number of ether oxygens (including phenoxy) is 1. The second-order valence-electron chi connectivity index (χ2n) is 5.43. The molecule has 1 aliphatic carbocycles. The summed E-state index contributed by atoms with van der Waals surface area (Å²) in [6.07, 6.45) is 8.34. The van der Waals surface area contributed by atoms with E-state index in [9.17, 15) is 0 Å². The molecule has 1 saturated carbocycles. The average molecular weight is 282 g/mol. The molecule has 0 saturated heterocycles. The lowest BCUT2D eigenvalue weighted by atomic mass is 9.85. The molecular formula is C15H26N2OS. The summed E-state index contributed by atoms with van der Waals surface area (Å²) in [5.74, 6) is 0. The van der Waals surface area contributed by atoms with Crippen LogP contribution < -0.4 is 5.32 Å². The Bertz CT molecular complexity index is 373. The van der Waals surface area contributed by atoms with Crippen LogP contribution in [0.2, 0.25) is 0 Å². The minimum Gasteiger partial charge on any atom is -0.371 e. The predicted octanol–water partition coefficient (Wildman–Crippen LogP) is 3.62. The average Bonchev–Trinajstić information content (AvgIpc) is 2.84. The number of thiazole rings is 1. The highest BCUT2D eigenvalue weighted by molar-refractivity contribution is 7.11. The van der Waals surface area contributed by atoms with Gasteiger partial charge in [-0.25, -0.2) is 4.98 Å². The number of methoxy groups -OCH3 is 1. The van der Waals surface area contributed by atoms with Crippen LogP contribution in [0.5, 0.6) is 0 Å². The quantitative estimate of drug-likeness (QED) is 0.865. The predicted molar refractivity (Wildman–Crippen MR) is 80.6 cm³/mol. The van der Waals surface area contributed by atoms with Crippen LogP contribution in [0.15, 0.2) is 0 Å². The molecule has 0 bridgehead atoms. The Kier molecular flexibility index (Phi) is 5.37. The standard InChI is InChI=1S/C15H26N2OS/c1-4-8-12-13(11-16-2)19-14(17-12)15(18-3)9-6-5-7-10-15/h16H,4-11H2,1-3H3. The molecule has 2 rings (SSSR count). The normalized spacial score (nSPS) is 18.7. The summed E-state index contributed by atoms with van der Waals surface area (Å²) in [5, 5.41) is 4.47. The SMILES string of the molecule is CCCc1nc(C2(OC)CCCCC2)sc1CNC. The van der Waals surface area contributed by atoms with Gasteiger partial charge in [-0.1, -0.05) is 32.6 Å². The number of aryl methyl sites for hydroxylation is 1. The van der Waals surface area contributed by atoms with Crippen molar-refractivity contribution in [1.29, 1.82) is 0 Å². The lowest BCUT2D eigenvalue weighted by Gasteiger charge is -2.34. The molecule has 4 heteroatoms. The van der Waals surface area contributed by atoms with Gasteiger partial charge in [0.15, 0.2) is 0 Å². The van der Waals surface area contributed by atoms with Crippen LogP contribution in [-0.4, -0.2) is 19.1 Å². The lowest BCUT2D eigenvalue weighted by molar-refractivity contribution is -0.0447. The molecular weight excluding hydrogens is 256 g/mol. The molecule has 0 atom stereocenters. The van der Waals surface area contributed by atoms with Crippen LogP contribution in [0, 0.1) is 0 Å². The maximum absolute atomic E-state index is 5.92. The van der Waals surface area contributed by atoms with Gasteiger partial charge < -0.3 is 10.1 Å². The first-order valence-electron chi connectivity index (χ1n) is 7.44. The highest BCUT2D eigenvalue weighted by atomic mass is 32.1. The van der Waals surface area contributed by atoms with Crippen LogP contribution in [0.1, 0.15) is 61.0 Å². The third-order valence-corrected chi connectivity index (χ3v) is 5.33. The molecule has 1 aromatic heterocycles. The minimum atomic E-state index is -0.0998. The Morgan fingerprint density at radius 3 is 2.63 bits per heavy atom. The molecule has 1 N–H and O–H groups in total. The zero-order chi connectivity index (χ0) is 13.7. The van der Waals surface area contributed by atoms with Crippen molar-refractivity contribution in [2.45, 2.75) is 64.0 Å². The smallest absolute Gasteiger partial charge is 0.125 e. The molecule has 1 aromatic rings. The zero-order valence-corrected chi connectivity index (χ0v) is 13.2. The number of nitrogens with one attached hydrogen (secondary N) is 1. The second kappa shape index (κ2) is 6.82. The largest absolute Gasteiger partial charge is 0.371 e. The molecule has 0 aromatic carbocycles. The van der Waals surface area contributed by atoms with E-state index in [4.69, 9.17) is 9.72 Å². The van der Waals surface area contributed by atoms with E-state index in [2.05, 4.69) is 12.2 Å². The second-order valence-corrected chi connectivity index (χ2v) is 6.51. The maximum atomic E-state index is 5.92. The Balaban J connectivity index is 2.29. The van der Waals surface area contributed by atoms with Gasteiger partial charge >= 0.3 is 0 Å². The summed E-state index contributed by atoms with van der Waals surface area (Å²) >= 11 is 1.86. The van der Waals surface area contributed by atoms with E-state index in [-0.39, 0.29) is 5.60 Å². The Morgan fingerprint density at radius 2 is 2.05 bits per heavy atom. The van der Waals surface area contributed by atoms with Crippen LogP contribution >= 0.6 is 11.3 Å². The van der Waals surface area contributed by atoms with Crippen LogP contribution in [0.25, 0.3) is 0 Å². The molecule has 0 spiro atoms. The minimum absolute atomic E-state index is 0.0998. The van der Waals surface area contributed by atoms with Gasteiger partial charge in [0.05, 0.1) is 5.69 Å². The first-order chi connectivity index (χ1) is 9.25. The number of rotatable bonds is 6. The van der Waals surface area contributed by atoms with E-state index < -0.39 is 0 Å². The van der Waals surface area contributed by atoms with Crippen LogP contribution in [-0.2, 0) is 23.3 Å². The molecule has 0 amide bonds. The Morgan fingerprint density at radius 1 is 1.32 bits per heavy atom. The molecule has 1 aliphatic rings. The molecule has 0 aliphatic heterocycles. The zero-order valence-electron chi connectivity index (χ0n) is 12.4. The van der Waals surface area contributed by atoms with Gasteiger partial charge in [0.25, 0.3) is 0 Å². The fourth-order valence-electron chi connectivity index (χ4n) is 2.94. The molecule has 0 unspecified atom stereocenters. The molecule has 108 valence electrons. The van der Waals surface area contributed by atoms with E-state index in [0.717, 1.165) is 32.2 Å². The Hall–Kier alpha value is -0.450. The number of aromatic nitrogens is 1. The van der Waals surface area contributed by atoms with Crippen molar-refractivity contribution < 1.29 is 4.74 Å². The number of nitrogens with zero attached hydrogens (tertiary/aromatic N) is 1. The van der Waals surface area contributed by atoms with Crippen molar-refractivity contribution in [3.8, 4) is 0 Å². The van der Waals surface area contributed by atoms with Crippen molar-refractivity contribution in [2.24, 2.45) is 0 Å². The van der Waals surface area contributed by atoms with Gasteiger partial charge in [0.2, 0.25) is 0 Å². The summed E-state index contributed by atoms with van der Waals surface area (Å²) in [6, 6.07) is 0. The fourth-order valence-corrected chi connectivity index (χ4v) is 4.28. The number of hydrogen-bond donors (Lipinski definition) is 1. The van der Waals surface area contributed by atoms with Gasteiger partial charge in [-0.15, -0.1) is 11.3 Å². The third-order valence-electron chi connectivity index (χ3n) is 4.04. The van der Waals surface area contributed by atoms with Crippen molar-refractivity contribution >= 4 is 11.3 Å². The van der Waals surface area contributed by atoms with Gasteiger partial charge in [0.1, 0.15) is 10.6 Å². The molecule has 1 fully saturated rings. The molecule has 19 heavy (non-hydrogen) atoms. The highest BCUT2D eigenvalue weighted by Gasteiger charge is 2.37. The third kappa shape index (κ3) is 3.18. The van der Waals surface area contributed by atoms with Crippen molar-refractivity contribution in [3.63, 3.8) is 0 Å². The molecule has 0 radical (unpaired) electrons. The topological polar surface area (TPSA) is 34.1 Å². The van der Waals surface area contributed by atoms with Crippen LogP contribution in [0.4, 0.5) is 0 Å². The summed E-state index contributed by atoms with van der Waals surface area (Å²) in [5.41, 5.74) is 1.18. The summed E-state index contributed by atoms with van der Waals surface area (Å²) in [4.78, 5) is 6.33. The van der Waals surface area contributed by atoms with E-state index in [1.165, 1.54) is 34.8 Å². The fraction of sp³-hybridized carbons (Fsp3) is 0.800. The van der Waals surface area contributed by atoms with Gasteiger partial charge in [-0.2, -0.15) is 0 Å². The van der Waals surface area contributed by atoms with E-state index in [0.29, 0.717) is 0 Å². The first kappa shape index (κ1) is 14.9. The summed E-state index contributed by atoms with van der Waals surface area (Å²) in [6.45, 7) is 3.14.